The molecule has 2 rings (SSSR count). The molecule has 6 heteroatoms. The molecule has 2 N–H and O–H groups in total. The lowest BCUT2D eigenvalue weighted by Crippen LogP contribution is -2.55. The maximum atomic E-state index is 11.3. The highest BCUT2D eigenvalue weighted by atomic mass is 35.5. The van der Waals surface area contributed by atoms with Crippen molar-refractivity contribution in [2.24, 2.45) is 11.3 Å². The molecule has 2 fully saturated rings. The Morgan fingerprint density at radius 2 is 1.88 bits per heavy atom. The minimum atomic E-state index is -3.00. The molecule has 17 heavy (non-hydrogen) atoms. The molecule has 0 radical (unpaired) electrons. The summed E-state index contributed by atoms with van der Waals surface area (Å²) in [6.45, 7) is 4.65. The Bertz CT molecular complexity index is 331. The van der Waals surface area contributed by atoms with E-state index in [-0.39, 0.29) is 18.2 Å². The predicted octanol–water partition coefficient (Wildman–Crippen LogP) is 1.13. The standard InChI is InChI=1S/C11H22N2O2S.ClH/c1-2-16(14,15)13-7-10-3-5-11(6-4-10)8-12-9-11;/h10,12-13H,2-9H2,1H3;1H. The highest BCUT2D eigenvalue weighted by Crippen LogP contribution is 2.41. The zero-order valence-electron chi connectivity index (χ0n) is 10.4. The molecule has 0 aromatic rings. The van der Waals surface area contributed by atoms with Gasteiger partial charge in [0.15, 0.2) is 0 Å². The number of halogens is 1. The number of nitrogens with one attached hydrogen (secondary N) is 2. The molecule has 1 aliphatic carbocycles. The summed E-state index contributed by atoms with van der Waals surface area (Å²) in [7, 11) is -3.00. The van der Waals surface area contributed by atoms with Crippen LogP contribution in [-0.4, -0.2) is 33.8 Å². The smallest absolute Gasteiger partial charge is 0.211 e. The van der Waals surface area contributed by atoms with Crippen molar-refractivity contribution in [2.45, 2.75) is 32.6 Å². The van der Waals surface area contributed by atoms with Crippen molar-refractivity contribution in [2.75, 3.05) is 25.4 Å². The van der Waals surface area contributed by atoms with Crippen LogP contribution in [0.1, 0.15) is 32.6 Å². The predicted molar refractivity (Wildman–Crippen MR) is 72.0 cm³/mol. The third kappa shape index (κ3) is 3.81. The van der Waals surface area contributed by atoms with Crippen LogP contribution in [0.15, 0.2) is 0 Å². The molecule has 1 spiro atoms. The maximum absolute atomic E-state index is 11.3. The lowest BCUT2D eigenvalue weighted by atomic mass is 9.67. The summed E-state index contributed by atoms with van der Waals surface area (Å²) in [5.41, 5.74) is 0.570. The zero-order valence-corrected chi connectivity index (χ0v) is 12.0. The first-order valence-electron chi connectivity index (χ1n) is 6.23. The van der Waals surface area contributed by atoms with Gasteiger partial charge in [-0.05, 0) is 43.9 Å². The fourth-order valence-electron chi connectivity index (χ4n) is 2.67. The average molecular weight is 283 g/mol. The summed E-state index contributed by atoms with van der Waals surface area (Å²) in [6.07, 6.45) is 4.87. The van der Waals surface area contributed by atoms with Gasteiger partial charge in [-0.3, -0.25) is 0 Å². The summed E-state index contributed by atoms with van der Waals surface area (Å²) >= 11 is 0. The van der Waals surface area contributed by atoms with Crippen molar-refractivity contribution in [3.8, 4) is 0 Å². The van der Waals surface area contributed by atoms with Crippen LogP contribution in [0.25, 0.3) is 0 Å². The molecular weight excluding hydrogens is 260 g/mol. The zero-order chi connectivity index (χ0) is 11.6. The van der Waals surface area contributed by atoms with Gasteiger partial charge in [0.05, 0.1) is 5.75 Å². The second kappa shape index (κ2) is 5.87. The van der Waals surface area contributed by atoms with Gasteiger partial charge in [0, 0.05) is 19.6 Å². The van der Waals surface area contributed by atoms with Crippen LogP contribution in [0.2, 0.25) is 0 Å². The average Bonchev–Trinajstić information content (AvgIpc) is 2.25. The van der Waals surface area contributed by atoms with E-state index in [1.165, 1.54) is 38.8 Å². The lowest BCUT2D eigenvalue weighted by Gasteiger charge is -2.47. The summed E-state index contributed by atoms with van der Waals surface area (Å²) in [6, 6.07) is 0. The van der Waals surface area contributed by atoms with Crippen molar-refractivity contribution < 1.29 is 8.42 Å². The molecule has 4 nitrogen and oxygen atoms in total. The van der Waals surface area contributed by atoms with Gasteiger partial charge in [-0.25, -0.2) is 13.1 Å². The van der Waals surface area contributed by atoms with Crippen LogP contribution < -0.4 is 10.0 Å². The number of sulfonamides is 1. The van der Waals surface area contributed by atoms with Crippen molar-refractivity contribution in [3.05, 3.63) is 0 Å². The molecule has 102 valence electrons. The van der Waals surface area contributed by atoms with E-state index >= 15 is 0 Å². The van der Waals surface area contributed by atoms with Gasteiger partial charge in [0.1, 0.15) is 0 Å². The van der Waals surface area contributed by atoms with E-state index in [0.717, 1.165) is 0 Å². The molecule has 1 aliphatic heterocycles. The van der Waals surface area contributed by atoms with Crippen LogP contribution in [0, 0.1) is 11.3 Å². The van der Waals surface area contributed by atoms with Gasteiger partial charge < -0.3 is 5.32 Å². The summed E-state index contributed by atoms with van der Waals surface area (Å²) in [5, 5.41) is 3.34. The van der Waals surface area contributed by atoms with E-state index in [1.807, 2.05) is 0 Å². The molecule has 2 aliphatic rings. The molecule has 0 aromatic carbocycles. The van der Waals surface area contributed by atoms with Crippen LogP contribution in [-0.2, 0) is 10.0 Å². The van der Waals surface area contributed by atoms with Gasteiger partial charge >= 0.3 is 0 Å². The lowest BCUT2D eigenvalue weighted by molar-refractivity contribution is 0.0829. The molecule has 1 saturated carbocycles. The molecule has 0 unspecified atom stereocenters. The first kappa shape index (κ1) is 15.2. The normalized spacial score (nSPS) is 24.1. The fourth-order valence-corrected chi connectivity index (χ4v) is 3.37. The van der Waals surface area contributed by atoms with Crippen molar-refractivity contribution in [3.63, 3.8) is 0 Å². The van der Waals surface area contributed by atoms with Crippen LogP contribution >= 0.6 is 12.4 Å². The molecule has 0 atom stereocenters. The van der Waals surface area contributed by atoms with Crippen LogP contribution in [0.3, 0.4) is 0 Å². The molecule has 0 bridgehead atoms. The quantitative estimate of drug-likeness (QED) is 0.813. The minimum Gasteiger partial charge on any atom is -0.316 e. The van der Waals surface area contributed by atoms with Crippen molar-refractivity contribution >= 4 is 22.4 Å². The number of hydrogen-bond acceptors (Lipinski definition) is 3. The van der Waals surface area contributed by atoms with Crippen molar-refractivity contribution in [1.29, 1.82) is 0 Å². The third-order valence-electron chi connectivity index (χ3n) is 4.14. The highest BCUT2D eigenvalue weighted by Gasteiger charge is 2.39. The Morgan fingerprint density at radius 3 is 2.29 bits per heavy atom. The Balaban J connectivity index is 0.00000144. The van der Waals surface area contributed by atoms with Crippen molar-refractivity contribution in [1.82, 2.24) is 10.0 Å². The minimum absolute atomic E-state index is 0. The fraction of sp³-hybridized carbons (Fsp3) is 1.00. The molecule has 0 amide bonds. The first-order chi connectivity index (χ1) is 7.55. The Morgan fingerprint density at radius 1 is 1.29 bits per heavy atom. The van der Waals surface area contributed by atoms with Gasteiger partial charge in [-0.1, -0.05) is 0 Å². The van der Waals surface area contributed by atoms with Gasteiger partial charge in [-0.15, -0.1) is 12.4 Å². The van der Waals surface area contributed by atoms with E-state index in [1.54, 1.807) is 6.92 Å². The maximum Gasteiger partial charge on any atom is 0.211 e. The third-order valence-corrected chi connectivity index (χ3v) is 5.50. The highest BCUT2D eigenvalue weighted by molar-refractivity contribution is 7.89. The molecule has 1 heterocycles. The van der Waals surface area contributed by atoms with E-state index in [0.29, 0.717) is 17.9 Å². The summed E-state index contributed by atoms with van der Waals surface area (Å²) in [4.78, 5) is 0. The van der Waals surface area contributed by atoms with E-state index in [9.17, 15) is 8.42 Å². The number of hydrogen-bond donors (Lipinski definition) is 2. The monoisotopic (exact) mass is 282 g/mol. The SMILES string of the molecule is CCS(=O)(=O)NCC1CCC2(CC1)CNC2.Cl. The topological polar surface area (TPSA) is 58.2 Å². The summed E-state index contributed by atoms with van der Waals surface area (Å²) in [5.74, 6) is 0.737. The second-order valence-corrected chi connectivity index (χ2v) is 7.39. The second-order valence-electron chi connectivity index (χ2n) is 5.30. The van der Waals surface area contributed by atoms with Gasteiger partial charge in [-0.2, -0.15) is 0 Å². The first-order valence-corrected chi connectivity index (χ1v) is 7.89. The Hall–Kier alpha value is 0.160. The largest absolute Gasteiger partial charge is 0.316 e. The van der Waals surface area contributed by atoms with E-state index in [4.69, 9.17) is 0 Å². The summed E-state index contributed by atoms with van der Waals surface area (Å²) < 4.78 is 25.3. The van der Waals surface area contributed by atoms with E-state index < -0.39 is 10.0 Å². The Labute approximate surface area is 110 Å². The van der Waals surface area contributed by atoms with Gasteiger partial charge in [0.25, 0.3) is 0 Å². The number of rotatable bonds is 4. The molecular formula is C11H23ClN2O2S. The van der Waals surface area contributed by atoms with Crippen LogP contribution in [0.5, 0.6) is 0 Å². The Kier molecular flexibility index (Phi) is 5.25. The molecule has 0 aromatic heterocycles. The van der Waals surface area contributed by atoms with Crippen LogP contribution in [0.4, 0.5) is 0 Å². The van der Waals surface area contributed by atoms with Gasteiger partial charge in [0.2, 0.25) is 10.0 Å². The van der Waals surface area contributed by atoms with E-state index in [2.05, 4.69) is 10.0 Å². The molecule has 1 saturated heterocycles.